The van der Waals surface area contributed by atoms with Crippen LogP contribution in [0.25, 0.3) is 0 Å². The molecule has 0 atom stereocenters. The van der Waals surface area contributed by atoms with Gasteiger partial charge in [-0.3, -0.25) is 0 Å². The Labute approximate surface area is 84.0 Å². The molecule has 0 unspecified atom stereocenters. The van der Waals surface area contributed by atoms with E-state index in [4.69, 9.17) is 0 Å². The fraction of sp³-hybridized carbons (Fsp3) is 0.400. The van der Waals surface area contributed by atoms with Crippen LogP contribution < -0.4 is 0 Å². The lowest BCUT2D eigenvalue weighted by molar-refractivity contribution is -0.137. The van der Waals surface area contributed by atoms with Crippen LogP contribution in [-0.4, -0.2) is 25.2 Å². The van der Waals surface area contributed by atoms with E-state index in [1.54, 1.807) is 0 Å². The number of ether oxygens (including phenoxy) is 1. The molecule has 0 aromatic heterocycles. The summed E-state index contributed by atoms with van der Waals surface area (Å²) in [7, 11) is 0. The minimum atomic E-state index is -0.513. The Morgan fingerprint density at radius 1 is 1.57 bits per heavy atom. The molecule has 0 N–H and O–H groups in total. The molecule has 0 bridgehead atoms. The number of allylic oxidation sites excluding steroid dienone is 1. The Balaban J connectivity index is 0. The normalized spacial score (nSPS) is 7.29. The highest BCUT2D eigenvalue weighted by atomic mass is 16.5. The van der Waals surface area contributed by atoms with Gasteiger partial charge >= 0.3 is 5.97 Å². The number of carbonyl (C=O) groups is 1. The number of esters is 1. The Bertz CT molecular complexity index is 236. The maximum atomic E-state index is 10.3. The molecule has 0 heterocycles. The number of nitrogens with zero attached hydrogens (tertiary/aromatic N) is 1. The molecule has 14 heavy (non-hydrogen) atoms. The monoisotopic (exact) mass is 197 g/mol. The predicted molar refractivity (Wildman–Crippen MR) is 54.6 cm³/mol. The fourth-order valence-corrected chi connectivity index (χ4v) is 0.296. The van der Waals surface area contributed by atoms with Gasteiger partial charge in [0.15, 0.2) is 0 Å². The van der Waals surface area contributed by atoms with Crippen LogP contribution in [0.3, 0.4) is 0 Å². The average molecular weight is 197 g/mol. The maximum absolute atomic E-state index is 10.3. The van der Waals surface area contributed by atoms with E-state index >= 15 is 0 Å². The summed E-state index contributed by atoms with van der Waals surface area (Å²) in [5, 5.41) is 0. The molecule has 78 valence electrons. The Morgan fingerprint density at radius 2 is 2.07 bits per heavy atom. The Kier molecular flexibility index (Phi) is 12.0. The van der Waals surface area contributed by atoms with E-state index in [1.807, 2.05) is 13.8 Å². The van der Waals surface area contributed by atoms with Crippen LogP contribution in [0.2, 0.25) is 0 Å². The van der Waals surface area contributed by atoms with E-state index in [0.717, 1.165) is 6.08 Å². The zero-order valence-corrected chi connectivity index (χ0v) is 8.58. The first-order chi connectivity index (χ1) is 6.54. The van der Waals surface area contributed by atoms with Gasteiger partial charge in [-0.05, 0) is 13.8 Å². The van der Waals surface area contributed by atoms with Crippen LogP contribution in [0.15, 0.2) is 29.8 Å². The van der Waals surface area contributed by atoms with Crippen molar-refractivity contribution < 1.29 is 14.3 Å². The van der Waals surface area contributed by atoms with Crippen LogP contribution >= 0.6 is 0 Å². The molecule has 0 saturated carbocycles. The molecule has 0 aromatic carbocycles. The third-order valence-electron chi connectivity index (χ3n) is 0.679. The molecule has 0 aromatic rings. The Hall–Kier alpha value is -1.67. The van der Waals surface area contributed by atoms with E-state index in [-0.39, 0.29) is 13.2 Å². The average Bonchev–Trinajstić information content (AvgIpc) is 2.11. The SMILES string of the molecule is C=C(C)C.C=CC(=O)OCCN=C=O. The summed E-state index contributed by atoms with van der Waals surface area (Å²) in [6.07, 6.45) is 2.36. The summed E-state index contributed by atoms with van der Waals surface area (Å²) in [6, 6.07) is 0. The summed E-state index contributed by atoms with van der Waals surface area (Å²) in [5.41, 5.74) is 1.17. The van der Waals surface area contributed by atoms with E-state index in [9.17, 15) is 9.59 Å². The molecule has 4 heteroatoms. The van der Waals surface area contributed by atoms with Gasteiger partial charge < -0.3 is 4.74 Å². The van der Waals surface area contributed by atoms with Gasteiger partial charge in [0.2, 0.25) is 6.08 Å². The molecule has 0 aliphatic rings. The minimum Gasteiger partial charge on any atom is -0.461 e. The molecule has 0 amide bonds. The minimum absolute atomic E-state index is 0.0973. The van der Waals surface area contributed by atoms with Gasteiger partial charge in [0.25, 0.3) is 0 Å². The molecule has 0 radical (unpaired) electrons. The summed E-state index contributed by atoms with van der Waals surface area (Å²) < 4.78 is 4.46. The van der Waals surface area contributed by atoms with Gasteiger partial charge in [-0.15, -0.1) is 6.58 Å². The zero-order chi connectivity index (χ0) is 11.4. The van der Waals surface area contributed by atoms with E-state index < -0.39 is 5.97 Å². The van der Waals surface area contributed by atoms with Crippen molar-refractivity contribution in [3.63, 3.8) is 0 Å². The first-order valence-electron chi connectivity index (χ1n) is 3.99. The highest BCUT2D eigenvalue weighted by Crippen LogP contribution is 1.78. The number of hydrogen-bond donors (Lipinski definition) is 0. The van der Waals surface area contributed by atoms with Gasteiger partial charge in [-0.1, -0.05) is 12.2 Å². The summed E-state index contributed by atoms with van der Waals surface area (Å²) in [4.78, 5) is 22.9. The highest BCUT2D eigenvalue weighted by molar-refractivity contribution is 5.81. The molecule has 0 aliphatic heterocycles. The molecule has 0 rings (SSSR count). The third kappa shape index (κ3) is 22.4. The van der Waals surface area contributed by atoms with Gasteiger partial charge in [0.1, 0.15) is 6.61 Å². The second-order valence-corrected chi connectivity index (χ2v) is 2.55. The molecule has 0 fully saturated rings. The largest absolute Gasteiger partial charge is 0.461 e. The third-order valence-corrected chi connectivity index (χ3v) is 0.679. The summed E-state index contributed by atoms with van der Waals surface area (Å²) >= 11 is 0. The van der Waals surface area contributed by atoms with Crippen LogP contribution in [-0.2, 0) is 14.3 Å². The number of rotatable bonds is 4. The molecule has 4 nitrogen and oxygen atoms in total. The molecule has 0 saturated heterocycles. The Morgan fingerprint density at radius 3 is 2.43 bits per heavy atom. The van der Waals surface area contributed by atoms with Crippen molar-refractivity contribution in [3.8, 4) is 0 Å². The van der Waals surface area contributed by atoms with Gasteiger partial charge in [0.05, 0.1) is 6.54 Å². The number of isocyanates is 1. The molecular weight excluding hydrogens is 182 g/mol. The van der Waals surface area contributed by atoms with Crippen LogP contribution in [0, 0.1) is 0 Å². The van der Waals surface area contributed by atoms with Crippen molar-refractivity contribution in [2.45, 2.75) is 13.8 Å². The fourth-order valence-electron chi connectivity index (χ4n) is 0.296. The van der Waals surface area contributed by atoms with Crippen LogP contribution in [0.5, 0.6) is 0 Å². The summed E-state index contributed by atoms with van der Waals surface area (Å²) in [6.45, 7) is 10.9. The second kappa shape index (κ2) is 11.3. The van der Waals surface area contributed by atoms with E-state index in [2.05, 4.69) is 22.9 Å². The molecule has 0 spiro atoms. The van der Waals surface area contributed by atoms with Crippen molar-refractivity contribution in [1.82, 2.24) is 0 Å². The number of hydrogen-bond acceptors (Lipinski definition) is 4. The summed E-state index contributed by atoms with van der Waals surface area (Å²) in [5.74, 6) is -0.513. The zero-order valence-electron chi connectivity index (χ0n) is 8.58. The van der Waals surface area contributed by atoms with Crippen molar-refractivity contribution in [2.24, 2.45) is 4.99 Å². The van der Waals surface area contributed by atoms with Crippen molar-refractivity contribution in [1.29, 1.82) is 0 Å². The van der Waals surface area contributed by atoms with Crippen molar-refractivity contribution in [3.05, 3.63) is 24.8 Å². The maximum Gasteiger partial charge on any atom is 0.330 e. The van der Waals surface area contributed by atoms with Gasteiger partial charge in [-0.25, -0.2) is 14.6 Å². The van der Waals surface area contributed by atoms with Crippen LogP contribution in [0.1, 0.15) is 13.8 Å². The lowest BCUT2D eigenvalue weighted by Crippen LogP contribution is -2.03. The van der Waals surface area contributed by atoms with Crippen LogP contribution in [0.4, 0.5) is 0 Å². The van der Waals surface area contributed by atoms with Crippen molar-refractivity contribution >= 4 is 12.0 Å². The first kappa shape index (κ1) is 14.8. The quantitative estimate of drug-likeness (QED) is 0.172. The van der Waals surface area contributed by atoms with E-state index in [0.29, 0.717) is 0 Å². The van der Waals surface area contributed by atoms with Gasteiger partial charge in [0, 0.05) is 6.08 Å². The lowest BCUT2D eigenvalue weighted by atomic mass is 10.4. The second-order valence-electron chi connectivity index (χ2n) is 2.55. The molecular formula is C10H15NO3. The lowest BCUT2D eigenvalue weighted by Gasteiger charge is -1.94. The van der Waals surface area contributed by atoms with Gasteiger partial charge in [-0.2, -0.15) is 0 Å². The predicted octanol–water partition coefficient (Wildman–Crippen LogP) is 1.63. The van der Waals surface area contributed by atoms with E-state index in [1.165, 1.54) is 11.7 Å². The standard InChI is InChI=1S/C6H7NO3.C4H8/c1-2-6(9)10-4-3-7-5-8;1-4(2)3/h2H,1,3-4H2;1H2,2-3H3. The topological polar surface area (TPSA) is 55.7 Å². The smallest absolute Gasteiger partial charge is 0.330 e. The van der Waals surface area contributed by atoms with Crippen molar-refractivity contribution in [2.75, 3.05) is 13.2 Å². The number of aliphatic imine (C=N–C) groups is 1. The number of carbonyl (C=O) groups excluding carboxylic acids is 2. The highest BCUT2D eigenvalue weighted by Gasteiger charge is 1.91. The molecule has 0 aliphatic carbocycles. The first-order valence-corrected chi connectivity index (χ1v) is 3.99.